The van der Waals surface area contributed by atoms with Crippen LogP contribution in [0.1, 0.15) is 38.3 Å². The van der Waals surface area contributed by atoms with Crippen molar-refractivity contribution in [1.29, 1.82) is 0 Å². The lowest BCUT2D eigenvalue weighted by molar-refractivity contribution is -0.297. The van der Waals surface area contributed by atoms with Crippen molar-refractivity contribution in [2.75, 3.05) is 11.4 Å². The second kappa shape index (κ2) is 5.47. The number of carboxylic acid groups (broad SMARTS) is 1. The second-order valence-electron chi connectivity index (χ2n) is 5.38. The summed E-state index contributed by atoms with van der Waals surface area (Å²) in [5.41, 5.74) is 4.28. The van der Waals surface area contributed by atoms with Crippen molar-refractivity contribution < 1.29 is 9.90 Å². The molecule has 1 aromatic rings. The van der Waals surface area contributed by atoms with Gasteiger partial charge in [0.1, 0.15) is 0 Å². The molecule has 0 N–H and O–H groups in total. The minimum atomic E-state index is -1.14. The molecular weight excluding hydrogens is 238 g/mol. The standard InChI is InChI=1S/C16H21NO2/c1-11(2)17-8-4-5-13-6-7-14(10-15(13)17)12(3)9-16(18)19/h6-7,9-11H,4-5,8H2,1-3H3,(H,18,19)/p-1/b12-9+. The number of benzene rings is 1. The van der Waals surface area contributed by atoms with Gasteiger partial charge in [0.2, 0.25) is 0 Å². The van der Waals surface area contributed by atoms with Crippen molar-refractivity contribution in [1.82, 2.24) is 0 Å². The molecule has 0 saturated heterocycles. The van der Waals surface area contributed by atoms with Gasteiger partial charge < -0.3 is 14.8 Å². The number of anilines is 1. The average molecular weight is 258 g/mol. The summed E-state index contributed by atoms with van der Waals surface area (Å²) in [7, 11) is 0. The maximum absolute atomic E-state index is 10.6. The lowest BCUT2D eigenvalue weighted by atomic mass is 9.96. The van der Waals surface area contributed by atoms with Gasteiger partial charge in [0.05, 0.1) is 5.97 Å². The molecule has 1 aromatic carbocycles. The van der Waals surface area contributed by atoms with Gasteiger partial charge in [-0.15, -0.1) is 0 Å². The van der Waals surface area contributed by atoms with Crippen molar-refractivity contribution in [3.05, 3.63) is 35.4 Å². The van der Waals surface area contributed by atoms with Crippen LogP contribution in [-0.2, 0) is 11.2 Å². The van der Waals surface area contributed by atoms with Crippen LogP contribution in [0.3, 0.4) is 0 Å². The maximum Gasteiger partial charge on any atom is 0.0645 e. The van der Waals surface area contributed by atoms with Gasteiger partial charge in [-0.2, -0.15) is 0 Å². The molecule has 0 bridgehead atoms. The van der Waals surface area contributed by atoms with E-state index in [1.165, 1.54) is 17.7 Å². The van der Waals surface area contributed by atoms with Gasteiger partial charge in [-0.25, -0.2) is 0 Å². The fraction of sp³-hybridized carbons (Fsp3) is 0.438. The van der Waals surface area contributed by atoms with Gasteiger partial charge in [-0.1, -0.05) is 12.1 Å². The van der Waals surface area contributed by atoms with Gasteiger partial charge >= 0.3 is 0 Å². The predicted molar refractivity (Wildman–Crippen MR) is 75.9 cm³/mol. The number of nitrogens with zero attached hydrogens (tertiary/aromatic N) is 1. The molecule has 0 unspecified atom stereocenters. The monoisotopic (exact) mass is 258 g/mol. The van der Waals surface area contributed by atoms with E-state index in [1.54, 1.807) is 6.92 Å². The molecule has 0 aromatic heterocycles. The Balaban J connectivity index is 2.41. The summed E-state index contributed by atoms with van der Waals surface area (Å²) < 4.78 is 0. The Morgan fingerprint density at radius 2 is 2.16 bits per heavy atom. The molecule has 0 atom stereocenters. The smallest absolute Gasteiger partial charge is 0.0645 e. The van der Waals surface area contributed by atoms with Crippen LogP contribution in [-0.4, -0.2) is 18.6 Å². The first-order valence-corrected chi connectivity index (χ1v) is 6.78. The Labute approximate surface area is 114 Å². The van der Waals surface area contributed by atoms with Crippen LogP contribution in [0.5, 0.6) is 0 Å². The molecule has 1 aliphatic heterocycles. The van der Waals surface area contributed by atoms with Crippen molar-refractivity contribution >= 4 is 17.2 Å². The minimum Gasteiger partial charge on any atom is -0.545 e. The molecule has 19 heavy (non-hydrogen) atoms. The Hall–Kier alpha value is -1.77. The Bertz CT molecular complexity index is 517. The molecule has 3 nitrogen and oxygen atoms in total. The number of aryl methyl sites for hydroxylation is 1. The summed E-state index contributed by atoms with van der Waals surface area (Å²) in [5.74, 6) is -1.14. The zero-order valence-corrected chi connectivity index (χ0v) is 11.8. The van der Waals surface area contributed by atoms with Crippen molar-refractivity contribution in [2.24, 2.45) is 0 Å². The van der Waals surface area contributed by atoms with Crippen LogP contribution in [0.2, 0.25) is 0 Å². The maximum atomic E-state index is 10.6. The van der Waals surface area contributed by atoms with Gasteiger partial charge in [0.15, 0.2) is 0 Å². The van der Waals surface area contributed by atoms with E-state index in [-0.39, 0.29) is 0 Å². The number of carboxylic acids is 1. The Kier molecular flexibility index (Phi) is 3.93. The van der Waals surface area contributed by atoms with Gasteiger partial charge in [-0.3, -0.25) is 0 Å². The van der Waals surface area contributed by atoms with E-state index in [0.717, 1.165) is 30.2 Å². The molecule has 0 spiro atoms. The normalized spacial score (nSPS) is 15.6. The first-order chi connectivity index (χ1) is 8.99. The molecule has 1 aliphatic rings. The highest BCUT2D eigenvalue weighted by atomic mass is 16.4. The van der Waals surface area contributed by atoms with Crippen molar-refractivity contribution in [3.8, 4) is 0 Å². The first kappa shape index (κ1) is 13.7. The van der Waals surface area contributed by atoms with E-state index in [2.05, 4.69) is 30.9 Å². The molecule has 2 rings (SSSR count). The van der Waals surface area contributed by atoms with Gasteiger partial charge in [0, 0.05) is 18.3 Å². The quantitative estimate of drug-likeness (QED) is 0.779. The highest BCUT2D eigenvalue weighted by molar-refractivity contribution is 5.88. The van der Waals surface area contributed by atoms with Crippen LogP contribution in [0, 0.1) is 0 Å². The number of carbonyl (C=O) groups excluding carboxylic acids is 1. The number of aliphatic carboxylic acids is 1. The zero-order chi connectivity index (χ0) is 14.0. The van der Waals surface area contributed by atoms with E-state index in [0.29, 0.717) is 6.04 Å². The summed E-state index contributed by atoms with van der Waals surface area (Å²) in [6, 6.07) is 6.67. The SMILES string of the molecule is C/C(=C\C(=O)[O-])c1ccc2c(c1)N(C(C)C)CCC2. The molecule has 3 heteroatoms. The van der Waals surface area contributed by atoms with Crippen LogP contribution >= 0.6 is 0 Å². The molecule has 0 saturated carbocycles. The van der Waals surface area contributed by atoms with E-state index in [1.807, 2.05) is 6.07 Å². The second-order valence-corrected chi connectivity index (χ2v) is 5.38. The van der Waals surface area contributed by atoms with Gasteiger partial charge in [-0.05, 0) is 62.5 Å². The summed E-state index contributed by atoms with van der Waals surface area (Å²) >= 11 is 0. The van der Waals surface area contributed by atoms with Crippen LogP contribution in [0.15, 0.2) is 24.3 Å². The zero-order valence-electron chi connectivity index (χ0n) is 11.8. The molecular formula is C16H20NO2-. The van der Waals surface area contributed by atoms with E-state index < -0.39 is 5.97 Å². The number of rotatable bonds is 3. The number of allylic oxidation sites excluding steroid dienone is 1. The molecule has 0 aliphatic carbocycles. The van der Waals surface area contributed by atoms with E-state index >= 15 is 0 Å². The highest BCUT2D eigenvalue weighted by Gasteiger charge is 2.19. The number of carbonyl (C=O) groups is 1. The predicted octanol–water partition coefficient (Wildman–Crippen LogP) is 2.00. The molecule has 0 fully saturated rings. The topological polar surface area (TPSA) is 43.4 Å². The molecule has 1 heterocycles. The molecule has 0 amide bonds. The fourth-order valence-corrected chi connectivity index (χ4v) is 2.64. The number of hydrogen-bond acceptors (Lipinski definition) is 3. The Morgan fingerprint density at radius 1 is 1.42 bits per heavy atom. The van der Waals surface area contributed by atoms with Crippen molar-refractivity contribution in [3.63, 3.8) is 0 Å². The summed E-state index contributed by atoms with van der Waals surface area (Å²) in [4.78, 5) is 13.0. The highest BCUT2D eigenvalue weighted by Crippen LogP contribution is 2.31. The summed E-state index contributed by atoms with van der Waals surface area (Å²) in [6.07, 6.45) is 3.44. The van der Waals surface area contributed by atoms with Crippen LogP contribution in [0.25, 0.3) is 5.57 Å². The number of hydrogen-bond donors (Lipinski definition) is 0. The van der Waals surface area contributed by atoms with Crippen molar-refractivity contribution in [2.45, 2.75) is 39.7 Å². The lowest BCUT2D eigenvalue weighted by Crippen LogP contribution is -2.35. The number of fused-ring (bicyclic) bond motifs is 1. The largest absolute Gasteiger partial charge is 0.545 e. The minimum absolute atomic E-state index is 0.458. The first-order valence-electron chi connectivity index (χ1n) is 6.78. The third-order valence-electron chi connectivity index (χ3n) is 3.65. The fourth-order valence-electron chi connectivity index (χ4n) is 2.64. The summed E-state index contributed by atoms with van der Waals surface area (Å²) in [5, 5.41) is 10.6. The van der Waals surface area contributed by atoms with Crippen LogP contribution < -0.4 is 10.0 Å². The van der Waals surface area contributed by atoms with Crippen LogP contribution in [0.4, 0.5) is 5.69 Å². The van der Waals surface area contributed by atoms with E-state index in [9.17, 15) is 9.90 Å². The molecule has 0 radical (unpaired) electrons. The third-order valence-corrected chi connectivity index (χ3v) is 3.65. The van der Waals surface area contributed by atoms with Gasteiger partial charge in [0.25, 0.3) is 0 Å². The average Bonchev–Trinajstić information content (AvgIpc) is 2.36. The Morgan fingerprint density at radius 3 is 2.79 bits per heavy atom. The van der Waals surface area contributed by atoms with E-state index in [4.69, 9.17) is 0 Å². The third kappa shape index (κ3) is 2.98. The summed E-state index contributed by atoms with van der Waals surface area (Å²) in [6.45, 7) is 7.24. The lowest BCUT2D eigenvalue weighted by Gasteiger charge is -2.35. The molecule has 102 valence electrons.